The first-order chi connectivity index (χ1) is 5.27. The first-order valence-corrected chi connectivity index (χ1v) is 3.09. The Morgan fingerprint density at radius 3 is 3.00 bits per heavy atom. The van der Waals surface area contributed by atoms with Gasteiger partial charge in [-0.2, -0.15) is 0 Å². The van der Waals surface area contributed by atoms with E-state index in [-0.39, 0.29) is 6.61 Å². The predicted molar refractivity (Wildman–Crippen MR) is 42.5 cm³/mol. The highest BCUT2D eigenvalue weighted by molar-refractivity contribution is 5.44. The molecule has 0 bridgehead atoms. The topological polar surface area (TPSA) is 59.1 Å². The van der Waals surface area contributed by atoms with Gasteiger partial charge in [-0.15, -0.1) is 6.42 Å². The van der Waals surface area contributed by atoms with Gasteiger partial charge in [-0.05, 0) is 6.07 Å². The van der Waals surface area contributed by atoms with E-state index in [1.54, 1.807) is 6.07 Å². The molecule has 0 saturated heterocycles. The second kappa shape index (κ2) is 3.04. The van der Waals surface area contributed by atoms with Gasteiger partial charge in [0.05, 0.1) is 6.61 Å². The zero-order chi connectivity index (χ0) is 8.27. The Kier molecular flexibility index (Phi) is 2.09. The van der Waals surface area contributed by atoms with Gasteiger partial charge in [0, 0.05) is 17.3 Å². The highest BCUT2D eigenvalue weighted by Gasteiger charge is 1.98. The van der Waals surface area contributed by atoms with E-state index in [0.717, 1.165) is 0 Å². The largest absolute Gasteiger partial charge is 0.392 e. The third kappa shape index (κ3) is 1.48. The molecule has 1 heterocycles. The monoisotopic (exact) mass is 148 g/mol. The molecule has 0 fully saturated rings. The molecule has 3 heteroatoms. The summed E-state index contributed by atoms with van der Waals surface area (Å²) in [5.74, 6) is 2.73. The van der Waals surface area contributed by atoms with Crippen LogP contribution < -0.4 is 5.73 Å². The number of hydrogen-bond acceptors (Lipinski definition) is 3. The fourth-order valence-corrected chi connectivity index (χ4v) is 0.726. The molecular formula is C8H8N2O. The first kappa shape index (κ1) is 7.58. The summed E-state index contributed by atoms with van der Waals surface area (Å²) in [6.45, 7) is -0.131. The van der Waals surface area contributed by atoms with Crippen molar-refractivity contribution < 1.29 is 5.11 Å². The lowest BCUT2D eigenvalue weighted by molar-refractivity contribution is 0.282. The van der Waals surface area contributed by atoms with Crippen LogP contribution >= 0.6 is 0 Å². The Bertz CT molecular complexity index is 301. The van der Waals surface area contributed by atoms with E-state index in [1.807, 2.05) is 0 Å². The summed E-state index contributed by atoms with van der Waals surface area (Å²) in [5.41, 5.74) is 6.61. The van der Waals surface area contributed by atoms with Crippen LogP contribution in [-0.4, -0.2) is 10.1 Å². The van der Waals surface area contributed by atoms with Crippen molar-refractivity contribution in [2.45, 2.75) is 6.61 Å². The number of nitrogens with zero attached hydrogens (tertiary/aromatic N) is 1. The Hall–Kier alpha value is -1.53. The van der Waals surface area contributed by atoms with Crippen LogP contribution in [0.15, 0.2) is 12.3 Å². The van der Waals surface area contributed by atoms with Crippen molar-refractivity contribution in [1.29, 1.82) is 0 Å². The van der Waals surface area contributed by atoms with Gasteiger partial charge in [0.25, 0.3) is 0 Å². The molecule has 1 aromatic heterocycles. The second-order valence-electron chi connectivity index (χ2n) is 2.07. The molecular weight excluding hydrogens is 140 g/mol. The summed E-state index contributed by atoms with van der Waals surface area (Å²) >= 11 is 0. The second-order valence-corrected chi connectivity index (χ2v) is 2.07. The van der Waals surface area contributed by atoms with Crippen LogP contribution in [0.4, 0.5) is 5.82 Å². The van der Waals surface area contributed by atoms with E-state index >= 15 is 0 Å². The van der Waals surface area contributed by atoms with Crippen LogP contribution in [0.2, 0.25) is 0 Å². The molecule has 1 rings (SSSR count). The zero-order valence-corrected chi connectivity index (χ0v) is 5.91. The number of aromatic nitrogens is 1. The summed E-state index contributed by atoms with van der Waals surface area (Å²) in [7, 11) is 0. The van der Waals surface area contributed by atoms with Crippen LogP contribution in [0.25, 0.3) is 0 Å². The van der Waals surface area contributed by atoms with Crippen molar-refractivity contribution in [2.24, 2.45) is 0 Å². The first-order valence-electron chi connectivity index (χ1n) is 3.09. The molecule has 0 aromatic carbocycles. The van der Waals surface area contributed by atoms with Crippen molar-refractivity contribution in [3.8, 4) is 12.3 Å². The van der Waals surface area contributed by atoms with E-state index in [4.69, 9.17) is 17.3 Å². The van der Waals surface area contributed by atoms with Gasteiger partial charge < -0.3 is 10.8 Å². The van der Waals surface area contributed by atoms with Gasteiger partial charge in [-0.25, -0.2) is 4.98 Å². The molecule has 0 saturated carbocycles. The normalized spacial score (nSPS) is 9.09. The zero-order valence-electron chi connectivity index (χ0n) is 5.91. The van der Waals surface area contributed by atoms with Crippen LogP contribution in [-0.2, 0) is 6.61 Å². The number of aliphatic hydroxyl groups excluding tert-OH is 1. The molecule has 0 spiro atoms. The number of rotatable bonds is 1. The summed E-state index contributed by atoms with van der Waals surface area (Å²) in [6, 6.07) is 1.64. The highest BCUT2D eigenvalue weighted by atomic mass is 16.3. The van der Waals surface area contributed by atoms with Crippen LogP contribution in [0.1, 0.15) is 11.1 Å². The SMILES string of the molecule is C#Cc1cnc(N)c(CO)c1. The fourth-order valence-electron chi connectivity index (χ4n) is 0.726. The molecule has 0 aliphatic carbocycles. The number of terminal acetylenes is 1. The Morgan fingerprint density at radius 2 is 2.45 bits per heavy atom. The molecule has 0 unspecified atom stereocenters. The van der Waals surface area contributed by atoms with Crippen LogP contribution in [0.5, 0.6) is 0 Å². The average molecular weight is 148 g/mol. The summed E-state index contributed by atoms with van der Waals surface area (Å²) < 4.78 is 0. The number of aliphatic hydroxyl groups is 1. The van der Waals surface area contributed by atoms with Gasteiger partial charge in [-0.1, -0.05) is 5.92 Å². The molecule has 0 aliphatic rings. The smallest absolute Gasteiger partial charge is 0.128 e. The van der Waals surface area contributed by atoms with E-state index in [1.165, 1.54) is 6.20 Å². The summed E-state index contributed by atoms with van der Waals surface area (Å²) in [5, 5.41) is 8.75. The maximum atomic E-state index is 8.75. The average Bonchev–Trinajstić information content (AvgIpc) is 2.05. The molecule has 3 nitrogen and oxygen atoms in total. The van der Waals surface area contributed by atoms with Gasteiger partial charge in [-0.3, -0.25) is 0 Å². The number of pyridine rings is 1. The minimum Gasteiger partial charge on any atom is -0.392 e. The van der Waals surface area contributed by atoms with Crippen molar-refractivity contribution in [2.75, 3.05) is 5.73 Å². The lowest BCUT2D eigenvalue weighted by atomic mass is 10.2. The molecule has 56 valence electrons. The number of hydrogen-bond donors (Lipinski definition) is 2. The van der Waals surface area contributed by atoms with E-state index in [0.29, 0.717) is 16.9 Å². The Balaban J connectivity index is 3.15. The quantitative estimate of drug-likeness (QED) is 0.557. The van der Waals surface area contributed by atoms with Gasteiger partial charge in [0.2, 0.25) is 0 Å². The van der Waals surface area contributed by atoms with E-state index in [2.05, 4.69) is 10.9 Å². The molecule has 0 aliphatic heterocycles. The minimum absolute atomic E-state index is 0.131. The Labute approximate surface area is 64.9 Å². The van der Waals surface area contributed by atoms with Crippen molar-refractivity contribution >= 4 is 5.82 Å². The maximum absolute atomic E-state index is 8.75. The number of nitrogens with two attached hydrogens (primary N) is 1. The highest BCUT2D eigenvalue weighted by Crippen LogP contribution is 2.09. The van der Waals surface area contributed by atoms with Crippen LogP contribution in [0, 0.1) is 12.3 Å². The van der Waals surface area contributed by atoms with Gasteiger partial charge in [0.1, 0.15) is 5.82 Å². The lowest BCUT2D eigenvalue weighted by Gasteiger charge is -1.99. The third-order valence-electron chi connectivity index (χ3n) is 1.34. The lowest BCUT2D eigenvalue weighted by Crippen LogP contribution is -1.97. The molecule has 0 radical (unpaired) electrons. The molecule has 0 amide bonds. The van der Waals surface area contributed by atoms with E-state index in [9.17, 15) is 0 Å². The number of nitrogen functional groups attached to an aromatic ring is 1. The standard InChI is InChI=1S/C8H8N2O/c1-2-6-3-7(5-11)8(9)10-4-6/h1,3-4,11H,5H2,(H2,9,10). The molecule has 11 heavy (non-hydrogen) atoms. The number of anilines is 1. The summed E-state index contributed by atoms with van der Waals surface area (Å²) in [6.07, 6.45) is 6.61. The Morgan fingerprint density at radius 1 is 1.73 bits per heavy atom. The van der Waals surface area contributed by atoms with Crippen molar-refractivity contribution in [1.82, 2.24) is 4.98 Å². The molecule has 0 atom stereocenters. The van der Waals surface area contributed by atoms with Crippen molar-refractivity contribution in [3.05, 3.63) is 23.4 Å². The van der Waals surface area contributed by atoms with Crippen LogP contribution in [0.3, 0.4) is 0 Å². The van der Waals surface area contributed by atoms with Gasteiger partial charge >= 0.3 is 0 Å². The third-order valence-corrected chi connectivity index (χ3v) is 1.34. The predicted octanol–water partition coefficient (Wildman–Crippen LogP) is 0.137. The molecule has 1 aromatic rings. The summed E-state index contributed by atoms with van der Waals surface area (Å²) in [4.78, 5) is 3.80. The fraction of sp³-hybridized carbons (Fsp3) is 0.125. The minimum atomic E-state index is -0.131. The molecule has 3 N–H and O–H groups in total. The van der Waals surface area contributed by atoms with Gasteiger partial charge in [0.15, 0.2) is 0 Å². The maximum Gasteiger partial charge on any atom is 0.128 e. The van der Waals surface area contributed by atoms with E-state index < -0.39 is 0 Å². The van der Waals surface area contributed by atoms with Crippen molar-refractivity contribution in [3.63, 3.8) is 0 Å².